The highest BCUT2D eigenvalue weighted by molar-refractivity contribution is 7.90. The molecule has 1 aliphatic rings. The lowest BCUT2D eigenvalue weighted by Gasteiger charge is -2.20. The fourth-order valence-corrected chi connectivity index (χ4v) is 4.74. The number of nitrogens with one attached hydrogen (secondary N) is 1. The van der Waals surface area contributed by atoms with E-state index in [1.807, 2.05) is 49.5 Å². The highest BCUT2D eigenvalue weighted by atomic mass is 32.2. The van der Waals surface area contributed by atoms with Crippen molar-refractivity contribution in [2.45, 2.75) is 24.2 Å². The predicted octanol–water partition coefficient (Wildman–Crippen LogP) is 3.17. The van der Waals surface area contributed by atoms with Crippen LogP contribution in [0.2, 0.25) is 0 Å². The number of pyridine rings is 1. The van der Waals surface area contributed by atoms with E-state index in [1.165, 1.54) is 3.97 Å². The van der Waals surface area contributed by atoms with Gasteiger partial charge in [-0.05, 0) is 49.9 Å². The van der Waals surface area contributed by atoms with Gasteiger partial charge in [0.05, 0.1) is 4.90 Å². The van der Waals surface area contributed by atoms with Gasteiger partial charge in [-0.3, -0.25) is 0 Å². The van der Waals surface area contributed by atoms with Crippen LogP contribution in [0.3, 0.4) is 0 Å². The second-order valence-electron chi connectivity index (χ2n) is 6.28. The number of fused-ring (bicyclic) bond motifs is 1. The Hall–Kier alpha value is -2.60. The Morgan fingerprint density at radius 3 is 2.72 bits per heavy atom. The van der Waals surface area contributed by atoms with Gasteiger partial charge in [0.25, 0.3) is 10.0 Å². The van der Waals surface area contributed by atoms with E-state index in [1.54, 1.807) is 18.3 Å². The second-order valence-corrected chi connectivity index (χ2v) is 8.06. The number of hydrogen-bond acceptors (Lipinski definition) is 4. The van der Waals surface area contributed by atoms with E-state index in [4.69, 9.17) is 0 Å². The van der Waals surface area contributed by atoms with E-state index in [0.29, 0.717) is 5.65 Å². The quantitative estimate of drug-likeness (QED) is 0.785. The van der Waals surface area contributed by atoms with Gasteiger partial charge in [-0.1, -0.05) is 23.8 Å². The smallest absolute Gasteiger partial charge is 0.269 e. The number of aromatic nitrogens is 2. The molecule has 3 aromatic rings. The van der Waals surface area contributed by atoms with Crippen molar-refractivity contribution < 1.29 is 8.42 Å². The van der Waals surface area contributed by atoms with Crippen LogP contribution in [0.4, 0.5) is 0 Å². The first-order valence-corrected chi connectivity index (χ1v) is 9.70. The van der Waals surface area contributed by atoms with Crippen molar-refractivity contribution in [2.75, 3.05) is 6.54 Å². The predicted molar refractivity (Wildman–Crippen MR) is 98.0 cm³/mol. The molecule has 1 aromatic carbocycles. The van der Waals surface area contributed by atoms with Crippen LogP contribution >= 0.6 is 0 Å². The molecule has 1 atom stereocenters. The second kappa shape index (κ2) is 6.04. The molecule has 0 aliphatic carbocycles. The Labute approximate surface area is 147 Å². The van der Waals surface area contributed by atoms with E-state index in [9.17, 15) is 8.42 Å². The van der Waals surface area contributed by atoms with Crippen molar-refractivity contribution in [3.05, 3.63) is 72.2 Å². The third kappa shape index (κ3) is 2.72. The molecule has 0 fully saturated rings. The molecule has 0 saturated carbocycles. The van der Waals surface area contributed by atoms with Crippen molar-refractivity contribution in [3.8, 4) is 0 Å². The summed E-state index contributed by atoms with van der Waals surface area (Å²) < 4.78 is 28.1. The Kier molecular flexibility index (Phi) is 3.84. The lowest BCUT2D eigenvalue weighted by atomic mass is 9.99. The van der Waals surface area contributed by atoms with Gasteiger partial charge in [0.2, 0.25) is 0 Å². The largest absolute Gasteiger partial charge is 0.391 e. The first kappa shape index (κ1) is 15.9. The average molecular weight is 353 g/mol. The van der Waals surface area contributed by atoms with E-state index in [-0.39, 0.29) is 10.8 Å². The normalized spacial score (nSPS) is 17.6. The monoisotopic (exact) mass is 353 g/mol. The van der Waals surface area contributed by atoms with E-state index >= 15 is 0 Å². The molecule has 5 nitrogen and oxygen atoms in total. The van der Waals surface area contributed by atoms with Gasteiger partial charge in [0, 0.05) is 29.7 Å². The molecule has 0 radical (unpaired) electrons. The van der Waals surface area contributed by atoms with Crippen molar-refractivity contribution >= 4 is 21.1 Å². The van der Waals surface area contributed by atoms with Crippen LogP contribution in [0.1, 0.15) is 23.6 Å². The first-order valence-electron chi connectivity index (χ1n) is 8.26. The summed E-state index contributed by atoms with van der Waals surface area (Å²) in [5.74, 6) is 0.0377. The number of nitrogens with zero attached hydrogens (tertiary/aromatic N) is 2. The number of benzene rings is 1. The van der Waals surface area contributed by atoms with Crippen LogP contribution in [0.25, 0.3) is 11.0 Å². The minimum Gasteiger partial charge on any atom is -0.391 e. The van der Waals surface area contributed by atoms with Gasteiger partial charge in [-0.2, -0.15) is 0 Å². The van der Waals surface area contributed by atoms with Crippen LogP contribution in [-0.4, -0.2) is 23.9 Å². The van der Waals surface area contributed by atoms with Crippen LogP contribution in [0.5, 0.6) is 0 Å². The Bertz CT molecular complexity index is 1050. The number of rotatable bonds is 3. The van der Waals surface area contributed by atoms with E-state index in [0.717, 1.165) is 29.6 Å². The highest BCUT2D eigenvalue weighted by Gasteiger charge is 2.27. The maximum atomic E-state index is 13.4. The molecule has 2 aromatic heterocycles. The van der Waals surface area contributed by atoms with E-state index < -0.39 is 10.0 Å². The Morgan fingerprint density at radius 1 is 1.20 bits per heavy atom. The van der Waals surface area contributed by atoms with Crippen molar-refractivity contribution in [3.63, 3.8) is 0 Å². The van der Waals surface area contributed by atoms with Crippen molar-refractivity contribution in [1.29, 1.82) is 0 Å². The summed E-state index contributed by atoms with van der Waals surface area (Å²) in [5.41, 5.74) is 2.26. The molecule has 0 bridgehead atoms. The fourth-order valence-electron chi connectivity index (χ4n) is 3.21. The number of hydrogen-bond donors (Lipinski definition) is 1. The summed E-state index contributed by atoms with van der Waals surface area (Å²) in [7, 11) is -3.72. The van der Waals surface area contributed by atoms with Gasteiger partial charge in [-0.25, -0.2) is 17.4 Å². The van der Waals surface area contributed by atoms with Crippen LogP contribution < -0.4 is 5.32 Å². The molecule has 1 unspecified atom stereocenters. The third-order valence-electron chi connectivity index (χ3n) is 4.53. The SMILES string of the molecule is Cc1ccc(S(=O)(=O)n2c(C3C=CNCC3)cc3cccnc32)cc1. The van der Waals surface area contributed by atoms with Crippen LogP contribution in [0.15, 0.2) is 65.8 Å². The molecular weight excluding hydrogens is 334 g/mol. The summed E-state index contributed by atoms with van der Waals surface area (Å²) >= 11 is 0. The summed E-state index contributed by atoms with van der Waals surface area (Å²) in [6.07, 6.45) is 6.38. The average Bonchev–Trinajstić information content (AvgIpc) is 3.03. The third-order valence-corrected chi connectivity index (χ3v) is 6.26. The molecule has 1 N–H and O–H groups in total. The minimum absolute atomic E-state index is 0.0377. The van der Waals surface area contributed by atoms with Gasteiger partial charge >= 0.3 is 0 Å². The zero-order valence-corrected chi connectivity index (χ0v) is 14.7. The van der Waals surface area contributed by atoms with E-state index in [2.05, 4.69) is 10.3 Å². The molecule has 6 heteroatoms. The van der Waals surface area contributed by atoms with Crippen molar-refractivity contribution in [2.24, 2.45) is 0 Å². The lowest BCUT2D eigenvalue weighted by Crippen LogP contribution is -2.21. The van der Waals surface area contributed by atoms with Crippen molar-refractivity contribution in [1.82, 2.24) is 14.3 Å². The molecule has 128 valence electrons. The molecular formula is C19H19N3O2S. The number of aryl methyl sites for hydroxylation is 1. The maximum Gasteiger partial charge on any atom is 0.269 e. The molecule has 3 heterocycles. The summed E-state index contributed by atoms with van der Waals surface area (Å²) in [6, 6.07) is 12.6. The van der Waals surface area contributed by atoms with Gasteiger partial charge < -0.3 is 5.32 Å². The molecule has 4 rings (SSSR count). The summed E-state index contributed by atoms with van der Waals surface area (Å²) in [5, 5.41) is 3.99. The minimum atomic E-state index is -3.72. The van der Waals surface area contributed by atoms with Gasteiger partial charge in [0.1, 0.15) is 0 Å². The van der Waals surface area contributed by atoms with Gasteiger partial charge in [0.15, 0.2) is 5.65 Å². The standard InChI is InChI=1S/C19H19N3O2S/c1-14-4-6-17(7-5-14)25(23,24)22-18(15-8-11-20-12-9-15)13-16-3-2-10-21-19(16)22/h2-8,10-11,13,15,20H,9,12H2,1H3. The fraction of sp³-hybridized carbons (Fsp3) is 0.211. The van der Waals surface area contributed by atoms with Crippen LogP contribution in [0, 0.1) is 6.92 Å². The Balaban J connectivity index is 1.97. The zero-order valence-electron chi connectivity index (χ0n) is 13.9. The molecule has 0 saturated heterocycles. The molecule has 25 heavy (non-hydrogen) atoms. The molecule has 0 spiro atoms. The summed E-state index contributed by atoms with van der Waals surface area (Å²) in [4.78, 5) is 4.63. The first-order chi connectivity index (χ1) is 12.1. The topological polar surface area (TPSA) is 64.0 Å². The Morgan fingerprint density at radius 2 is 2.00 bits per heavy atom. The van der Waals surface area contributed by atoms with Crippen LogP contribution in [-0.2, 0) is 10.0 Å². The summed E-state index contributed by atoms with van der Waals surface area (Å²) in [6.45, 7) is 2.76. The molecule has 0 amide bonds. The maximum absolute atomic E-state index is 13.4. The molecule has 1 aliphatic heterocycles. The lowest BCUT2D eigenvalue weighted by molar-refractivity contribution is 0.580. The number of allylic oxidation sites excluding steroid dienone is 1. The van der Waals surface area contributed by atoms with Gasteiger partial charge in [-0.15, -0.1) is 0 Å². The highest BCUT2D eigenvalue weighted by Crippen LogP contribution is 2.32. The zero-order chi connectivity index (χ0) is 17.4.